The third-order valence-corrected chi connectivity index (χ3v) is 3.97. The molecule has 2 aromatic rings. The van der Waals surface area contributed by atoms with E-state index in [1.165, 1.54) is 11.3 Å². The zero-order chi connectivity index (χ0) is 15.6. The van der Waals surface area contributed by atoms with E-state index in [4.69, 9.17) is 0 Å². The fraction of sp³-hybridized carbons (Fsp3) is 0.214. The third-order valence-electron chi connectivity index (χ3n) is 2.98. The predicted octanol–water partition coefficient (Wildman–Crippen LogP) is 3.41. The monoisotopic (exact) mass is 305 g/mol. The lowest BCUT2D eigenvalue weighted by Gasteiger charge is -2.10. The Hall–Kier alpha value is -2.41. The molecule has 0 fully saturated rings. The molecule has 2 amide bonds. The van der Waals surface area contributed by atoms with Crippen LogP contribution in [0.1, 0.15) is 26.5 Å². The highest BCUT2D eigenvalue weighted by Crippen LogP contribution is 2.22. The van der Waals surface area contributed by atoms with E-state index in [1.807, 2.05) is 13.8 Å². The summed E-state index contributed by atoms with van der Waals surface area (Å²) < 4.78 is 0. The number of aromatic nitrogens is 1. The zero-order valence-corrected chi connectivity index (χ0v) is 12.7. The van der Waals surface area contributed by atoms with Crippen molar-refractivity contribution in [3.05, 3.63) is 39.9 Å². The molecule has 0 bridgehead atoms. The quantitative estimate of drug-likeness (QED) is 0.810. The topological polar surface area (TPSA) is 91.3 Å². The van der Waals surface area contributed by atoms with Gasteiger partial charge in [0.2, 0.25) is 0 Å². The Morgan fingerprint density at radius 3 is 2.48 bits per heavy atom. The van der Waals surface area contributed by atoms with Crippen LogP contribution in [0.15, 0.2) is 18.2 Å². The van der Waals surface area contributed by atoms with E-state index in [0.29, 0.717) is 10.7 Å². The fourth-order valence-corrected chi connectivity index (χ4v) is 2.64. The lowest BCUT2D eigenvalue weighted by atomic mass is 10.1. The largest absolute Gasteiger partial charge is 0.478 e. The van der Waals surface area contributed by atoms with Crippen LogP contribution in [0.2, 0.25) is 0 Å². The molecule has 0 radical (unpaired) electrons. The zero-order valence-electron chi connectivity index (χ0n) is 11.9. The summed E-state index contributed by atoms with van der Waals surface area (Å²) in [4.78, 5) is 28.4. The Labute approximate surface area is 125 Å². The van der Waals surface area contributed by atoms with Crippen molar-refractivity contribution in [2.24, 2.45) is 0 Å². The molecule has 0 aliphatic rings. The number of rotatable bonds is 3. The van der Waals surface area contributed by atoms with Gasteiger partial charge in [0.05, 0.1) is 16.9 Å². The number of anilines is 2. The molecule has 110 valence electrons. The predicted molar refractivity (Wildman–Crippen MR) is 82.4 cm³/mol. The summed E-state index contributed by atoms with van der Waals surface area (Å²) in [5.74, 6) is -1.08. The molecule has 0 saturated heterocycles. The van der Waals surface area contributed by atoms with Crippen LogP contribution in [-0.2, 0) is 0 Å². The number of carboxylic acid groups (broad SMARTS) is 1. The van der Waals surface area contributed by atoms with Gasteiger partial charge in [0.1, 0.15) is 0 Å². The number of hydrogen-bond donors (Lipinski definition) is 3. The van der Waals surface area contributed by atoms with Crippen LogP contribution in [-0.4, -0.2) is 22.1 Å². The summed E-state index contributed by atoms with van der Waals surface area (Å²) in [5.41, 5.74) is 1.78. The SMILES string of the molecule is Cc1cccc(NC(=O)Nc2nc(C)c(C)s2)c1C(=O)O. The average Bonchev–Trinajstić information content (AvgIpc) is 2.67. The first-order valence-corrected chi connectivity index (χ1v) is 7.05. The molecule has 1 heterocycles. The highest BCUT2D eigenvalue weighted by Gasteiger charge is 2.15. The number of amides is 2. The normalized spacial score (nSPS) is 10.2. The lowest BCUT2D eigenvalue weighted by molar-refractivity contribution is 0.0697. The average molecular weight is 305 g/mol. The van der Waals surface area contributed by atoms with Crippen LogP contribution >= 0.6 is 11.3 Å². The molecule has 21 heavy (non-hydrogen) atoms. The van der Waals surface area contributed by atoms with E-state index in [-0.39, 0.29) is 11.3 Å². The van der Waals surface area contributed by atoms with Gasteiger partial charge in [0.25, 0.3) is 0 Å². The summed E-state index contributed by atoms with van der Waals surface area (Å²) in [6, 6.07) is 4.40. The second kappa shape index (κ2) is 5.92. The minimum atomic E-state index is -1.08. The lowest BCUT2D eigenvalue weighted by Crippen LogP contribution is -2.21. The standard InChI is InChI=1S/C14H15N3O3S/c1-7-5-4-6-10(11(7)12(18)19)16-13(20)17-14-15-8(2)9(3)21-14/h4-6H,1-3H3,(H,18,19)(H2,15,16,17,20). The highest BCUT2D eigenvalue weighted by atomic mass is 32.1. The molecule has 1 aromatic heterocycles. The van der Waals surface area contributed by atoms with E-state index in [1.54, 1.807) is 25.1 Å². The van der Waals surface area contributed by atoms with Crippen LogP contribution in [0.4, 0.5) is 15.6 Å². The van der Waals surface area contributed by atoms with E-state index in [0.717, 1.165) is 10.6 Å². The molecule has 0 aliphatic heterocycles. The second-order valence-electron chi connectivity index (χ2n) is 4.54. The number of carbonyl (C=O) groups is 2. The minimum Gasteiger partial charge on any atom is -0.478 e. The van der Waals surface area contributed by atoms with E-state index in [2.05, 4.69) is 15.6 Å². The molecule has 7 heteroatoms. The highest BCUT2D eigenvalue weighted by molar-refractivity contribution is 7.15. The first-order valence-electron chi connectivity index (χ1n) is 6.23. The molecule has 1 aromatic carbocycles. The Morgan fingerprint density at radius 2 is 1.90 bits per heavy atom. The van der Waals surface area contributed by atoms with Gasteiger partial charge in [-0.3, -0.25) is 5.32 Å². The number of carbonyl (C=O) groups excluding carboxylic acids is 1. The molecular weight excluding hydrogens is 290 g/mol. The number of nitrogens with zero attached hydrogens (tertiary/aromatic N) is 1. The number of hydrogen-bond acceptors (Lipinski definition) is 4. The maximum absolute atomic E-state index is 11.9. The molecule has 0 atom stereocenters. The van der Waals surface area contributed by atoms with Gasteiger partial charge in [-0.25, -0.2) is 14.6 Å². The van der Waals surface area contributed by atoms with Gasteiger partial charge in [-0.1, -0.05) is 12.1 Å². The maximum atomic E-state index is 11.9. The van der Waals surface area contributed by atoms with Crippen molar-refractivity contribution in [2.75, 3.05) is 10.6 Å². The molecule has 0 aliphatic carbocycles. The number of benzene rings is 1. The summed E-state index contributed by atoms with van der Waals surface area (Å²) in [7, 11) is 0. The number of nitrogens with one attached hydrogen (secondary N) is 2. The summed E-state index contributed by atoms with van der Waals surface area (Å²) in [6.07, 6.45) is 0. The Balaban J connectivity index is 2.16. The summed E-state index contributed by atoms with van der Waals surface area (Å²) in [6.45, 7) is 5.46. The number of thiazole rings is 1. The third kappa shape index (κ3) is 3.38. The van der Waals surface area contributed by atoms with Crippen molar-refractivity contribution in [3.8, 4) is 0 Å². The maximum Gasteiger partial charge on any atom is 0.338 e. The smallest absolute Gasteiger partial charge is 0.338 e. The van der Waals surface area contributed by atoms with Crippen LogP contribution in [0.25, 0.3) is 0 Å². The van der Waals surface area contributed by atoms with Gasteiger partial charge in [-0.15, -0.1) is 11.3 Å². The second-order valence-corrected chi connectivity index (χ2v) is 5.75. The van der Waals surface area contributed by atoms with Crippen molar-refractivity contribution < 1.29 is 14.7 Å². The first kappa shape index (κ1) is 15.0. The van der Waals surface area contributed by atoms with Crippen LogP contribution in [0.3, 0.4) is 0 Å². The number of aryl methyl sites for hydroxylation is 3. The van der Waals surface area contributed by atoms with Gasteiger partial charge in [-0.05, 0) is 32.4 Å². The van der Waals surface area contributed by atoms with Crippen molar-refractivity contribution in [1.29, 1.82) is 0 Å². The van der Waals surface area contributed by atoms with Crippen LogP contribution in [0, 0.1) is 20.8 Å². The van der Waals surface area contributed by atoms with Crippen LogP contribution in [0.5, 0.6) is 0 Å². The van der Waals surface area contributed by atoms with Crippen LogP contribution < -0.4 is 10.6 Å². The molecule has 0 saturated carbocycles. The van der Waals surface area contributed by atoms with Gasteiger partial charge >= 0.3 is 12.0 Å². The van der Waals surface area contributed by atoms with Gasteiger partial charge in [-0.2, -0.15) is 0 Å². The summed E-state index contributed by atoms with van der Waals surface area (Å²) >= 11 is 1.37. The van der Waals surface area contributed by atoms with Crippen molar-refractivity contribution in [3.63, 3.8) is 0 Å². The number of urea groups is 1. The molecular formula is C14H15N3O3S. The summed E-state index contributed by atoms with van der Waals surface area (Å²) in [5, 5.41) is 14.8. The van der Waals surface area contributed by atoms with E-state index >= 15 is 0 Å². The Kier molecular flexibility index (Phi) is 4.23. The molecule has 0 spiro atoms. The Morgan fingerprint density at radius 1 is 1.19 bits per heavy atom. The Bertz CT molecular complexity index is 690. The van der Waals surface area contributed by atoms with Crippen molar-refractivity contribution in [2.45, 2.75) is 20.8 Å². The van der Waals surface area contributed by atoms with E-state index in [9.17, 15) is 14.7 Å². The number of carboxylic acids is 1. The fourth-order valence-electron chi connectivity index (χ4n) is 1.83. The first-order chi connectivity index (χ1) is 9.88. The molecule has 3 N–H and O–H groups in total. The molecule has 2 rings (SSSR count). The minimum absolute atomic E-state index is 0.0825. The van der Waals surface area contributed by atoms with Gasteiger partial charge < -0.3 is 10.4 Å². The van der Waals surface area contributed by atoms with Gasteiger partial charge in [0.15, 0.2) is 5.13 Å². The van der Waals surface area contributed by atoms with Crippen molar-refractivity contribution in [1.82, 2.24) is 4.98 Å². The molecule has 6 nitrogen and oxygen atoms in total. The van der Waals surface area contributed by atoms with E-state index < -0.39 is 12.0 Å². The van der Waals surface area contributed by atoms with Gasteiger partial charge in [0, 0.05) is 4.88 Å². The molecule has 0 unspecified atom stereocenters. The van der Waals surface area contributed by atoms with Crippen molar-refractivity contribution >= 4 is 34.2 Å². The number of aromatic carboxylic acids is 1.